The van der Waals surface area contributed by atoms with Crippen molar-refractivity contribution in [3.8, 4) is 9.88 Å². The molecule has 2 N–H and O–H groups in total. The Hall–Kier alpha value is -0.790. The zero-order valence-corrected chi connectivity index (χ0v) is 11.7. The van der Waals surface area contributed by atoms with Crippen LogP contribution in [0.15, 0.2) is 22.9 Å². The van der Waals surface area contributed by atoms with Crippen molar-refractivity contribution in [2.24, 2.45) is 0 Å². The van der Waals surface area contributed by atoms with Crippen LogP contribution in [-0.4, -0.2) is 46.4 Å². The number of aromatic nitrogens is 1. The van der Waals surface area contributed by atoms with E-state index in [-0.39, 0.29) is 6.61 Å². The van der Waals surface area contributed by atoms with Crippen LogP contribution in [0, 0.1) is 0 Å². The maximum atomic E-state index is 9.35. The number of thiazole rings is 1. The first-order valence-corrected chi connectivity index (χ1v) is 7.40. The van der Waals surface area contributed by atoms with E-state index in [0.717, 1.165) is 10.7 Å². The van der Waals surface area contributed by atoms with E-state index in [9.17, 15) is 5.11 Å². The first kappa shape index (κ1) is 13.6. The zero-order chi connectivity index (χ0) is 13.0. The molecule has 0 saturated heterocycles. The molecule has 18 heavy (non-hydrogen) atoms. The van der Waals surface area contributed by atoms with Crippen molar-refractivity contribution in [2.75, 3.05) is 20.2 Å². The number of aliphatic hydroxyl groups excluding tert-OH is 2. The first-order valence-electron chi connectivity index (χ1n) is 5.65. The molecule has 0 radical (unpaired) electrons. The lowest BCUT2D eigenvalue weighted by Gasteiger charge is -2.17. The van der Waals surface area contributed by atoms with Gasteiger partial charge in [0.05, 0.1) is 23.3 Å². The Morgan fingerprint density at radius 2 is 2.28 bits per heavy atom. The van der Waals surface area contributed by atoms with Gasteiger partial charge in [0.15, 0.2) is 0 Å². The fourth-order valence-electron chi connectivity index (χ4n) is 1.65. The van der Waals surface area contributed by atoms with Gasteiger partial charge in [-0.25, -0.2) is 4.98 Å². The highest BCUT2D eigenvalue weighted by Crippen LogP contribution is 2.27. The molecule has 0 bridgehead atoms. The normalized spacial score (nSPS) is 13.1. The van der Waals surface area contributed by atoms with Crippen molar-refractivity contribution in [3.05, 3.63) is 28.6 Å². The summed E-state index contributed by atoms with van der Waals surface area (Å²) in [6, 6.07) is 4.08. The van der Waals surface area contributed by atoms with Crippen LogP contribution in [0.2, 0.25) is 0 Å². The number of likely N-dealkylation sites (N-methyl/N-ethyl adjacent to an activating group) is 1. The third kappa shape index (κ3) is 3.60. The summed E-state index contributed by atoms with van der Waals surface area (Å²) in [4.78, 5) is 7.71. The van der Waals surface area contributed by atoms with Gasteiger partial charge in [0.1, 0.15) is 5.01 Å². The number of nitrogens with zero attached hydrogens (tertiary/aromatic N) is 2. The Balaban J connectivity index is 1.94. The van der Waals surface area contributed by atoms with E-state index >= 15 is 0 Å². The van der Waals surface area contributed by atoms with Crippen LogP contribution in [0.4, 0.5) is 0 Å². The molecule has 0 spiro atoms. The summed E-state index contributed by atoms with van der Waals surface area (Å²) in [5.74, 6) is 0. The van der Waals surface area contributed by atoms with Gasteiger partial charge >= 0.3 is 0 Å². The Bertz CT molecular complexity index is 470. The van der Waals surface area contributed by atoms with Crippen LogP contribution in [0.5, 0.6) is 0 Å². The lowest BCUT2D eigenvalue weighted by atomic mass is 10.3. The molecule has 98 valence electrons. The highest BCUT2D eigenvalue weighted by atomic mass is 32.1. The fraction of sp³-hybridized carbons (Fsp3) is 0.417. The third-order valence-electron chi connectivity index (χ3n) is 2.45. The number of hydrogen-bond acceptors (Lipinski definition) is 6. The van der Waals surface area contributed by atoms with Crippen molar-refractivity contribution >= 4 is 22.7 Å². The SMILES string of the molecule is CN(Cc1csc(-c2cccs2)n1)C[C@H](O)CO. The molecule has 0 saturated carbocycles. The van der Waals surface area contributed by atoms with Crippen LogP contribution in [0.25, 0.3) is 9.88 Å². The number of rotatable bonds is 6. The van der Waals surface area contributed by atoms with Crippen LogP contribution in [0.1, 0.15) is 5.69 Å². The maximum absolute atomic E-state index is 9.35. The molecule has 2 aromatic rings. The summed E-state index contributed by atoms with van der Waals surface area (Å²) < 4.78 is 0. The van der Waals surface area contributed by atoms with Crippen LogP contribution >= 0.6 is 22.7 Å². The predicted octanol–water partition coefficient (Wildman–Crippen LogP) is 1.66. The lowest BCUT2D eigenvalue weighted by Crippen LogP contribution is -2.31. The summed E-state index contributed by atoms with van der Waals surface area (Å²) in [7, 11) is 1.91. The van der Waals surface area contributed by atoms with Crippen molar-refractivity contribution in [2.45, 2.75) is 12.6 Å². The minimum Gasteiger partial charge on any atom is -0.394 e. The molecule has 0 fully saturated rings. The summed E-state index contributed by atoms with van der Waals surface area (Å²) in [6.07, 6.45) is -0.689. The molecule has 2 aromatic heterocycles. The molecule has 0 unspecified atom stereocenters. The number of hydrogen-bond donors (Lipinski definition) is 2. The van der Waals surface area contributed by atoms with Crippen LogP contribution in [-0.2, 0) is 6.54 Å². The summed E-state index contributed by atoms with van der Waals surface area (Å²) in [6.45, 7) is 0.920. The standard InChI is InChI=1S/C12H16N2O2S2/c1-14(6-10(16)7-15)5-9-8-18-12(13-9)11-3-2-4-17-11/h2-4,8,10,15-16H,5-7H2,1H3/t10-/m0/s1. The fourth-order valence-corrected chi connectivity index (χ4v) is 3.28. The maximum Gasteiger partial charge on any atom is 0.133 e. The second kappa shape index (κ2) is 6.40. The highest BCUT2D eigenvalue weighted by molar-refractivity contribution is 7.20. The third-order valence-corrected chi connectivity index (χ3v) is 4.38. The second-order valence-electron chi connectivity index (χ2n) is 4.15. The van der Waals surface area contributed by atoms with Gasteiger partial charge in [-0.3, -0.25) is 4.90 Å². The van der Waals surface area contributed by atoms with Crippen LogP contribution < -0.4 is 0 Å². The van der Waals surface area contributed by atoms with Crippen molar-refractivity contribution in [1.29, 1.82) is 0 Å². The molecule has 0 aromatic carbocycles. The van der Waals surface area contributed by atoms with E-state index in [1.807, 2.05) is 28.8 Å². The van der Waals surface area contributed by atoms with Gasteiger partial charge < -0.3 is 10.2 Å². The van der Waals surface area contributed by atoms with E-state index in [0.29, 0.717) is 13.1 Å². The predicted molar refractivity (Wildman–Crippen MR) is 74.9 cm³/mol. The van der Waals surface area contributed by atoms with Gasteiger partial charge in [-0.2, -0.15) is 0 Å². The van der Waals surface area contributed by atoms with Crippen molar-refractivity contribution in [3.63, 3.8) is 0 Å². The second-order valence-corrected chi connectivity index (χ2v) is 5.96. The largest absolute Gasteiger partial charge is 0.394 e. The van der Waals surface area contributed by atoms with Gasteiger partial charge in [-0.1, -0.05) is 6.07 Å². The van der Waals surface area contributed by atoms with E-state index in [1.165, 1.54) is 4.88 Å². The molecule has 0 aliphatic rings. The van der Waals surface area contributed by atoms with Gasteiger partial charge in [0, 0.05) is 18.5 Å². The molecular formula is C12H16N2O2S2. The molecule has 2 heterocycles. The lowest BCUT2D eigenvalue weighted by molar-refractivity contribution is 0.0645. The Morgan fingerprint density at radius 3 is 2.94 bits per heavy atom. The highest BCUT2D eigenvalue weighted by Gasteiger charge is 2.10. The molecule has 0 aliphatic heterocycles. The molecule has 0 aliphatic carbocycles. The van der Waals surface area contributed by atoms with Gasteiger partial charge in [0.25, 0.3) is 0 Å². The topological polar surface area (TPSA) is 56.6 Å². The first-order chi connectivity index (χ1) is 8.69. The van der Waals surface area contributed by atoms with Crippen molar-refractivity contribution < 1.29 is 10.2 Å². The monoisotopic (exact) mass is 284 g/mol. The average molecular weight is 284 g/mol. The number of thiophene rings is 1. The summed E-state index contributed by atoms with van der Waals surface area (Å²) >= 11 is 3.32. The zero-order valence-electron chi connectivity index (χ0n) is 10.1. The minimum absolute atomic E-state index is 0.206. The molecule has 4 nitrogen and oxygen atoms in total. The van der Waals surface area contributed by atoms with E-state index in [4.69, 9.17) is 5.11 Å². The van der Waals surface area contributed by atoms with Crippen LogP contribution in [0.3, 0.4) is 0 Å². The molecule has 0 amide bonds. The van der Waals surface area contributed by atoms with Crippen molar-refractivity contribution in [1.82, 2.24) is 9.88 Å². The number of aliphatic hydroxyl groups is 2. The van der Waals surface area contributed by atoms with E-state index in [2.05, 4.69) is 11.1 Å². The smallest absolute Gasteiger partial charge is 0.133 e. The van der Waals surface area contributed by atoms with Gasteiger partial charge in [-0.05, 0) is 18.5 Å². The van der Waals surface area contributed by atoms with E-state index in [1.54, 1.807) is 22.7 Å². The quantitative estimate of drug-likeness (QED) is 0.847. The van der Waals surface area contributed by atoms with Gasteiger partial charge in [0.2, 0.25) is 0 Å². The minimum atomic E-state index is -0.689. The molecule has 2 rings (SSSR count). The van der Waals surface area contributed by atoms with Gasteiger partial charge in [-0.15, -0.1) is 22.7 Å². The Kier molecular flexibility index (Phi) is 4.85. The Morgan fingerprint density at radius 1 is 1.44 bits per heavy atom. The Labute approximate surface area is 114 Å². The van der Waals surface area contributed by atoms with E-state index < -0.39 is 6.10 Å². The summed E-state index contributed by atoms with van der Waals surface area (Å²) in [5.41, 5.74) is 0.996. The molecule has 1 atom stereocenters. The summed E-state index contributed by atoms with van der Waals surface area (Å²) in [5, 5.41) is 23.3. The molecule has 6 heteroatoms. The average Bonchev–Trinajstić information content (AvgIpc) is 2.98. The molecular weight excluding hydrogens is 268 g/mol.